The molecule has 1 heterocycles. The summed E-state index contributed by atoms with van der Waals surface area (Å²) in [5.41, 5.74) is 0. The minimum absolute atomic E-state index is 0.739. The molecule has 0 bridgehead atoms. The van der Waals surface area contributed by atoms with Crippen molar-refractivity contribution in [3.8, 4) is 0 Å². The van der Waals surface area contributed by atoms with E-state index in [0.29, 0.717) is 0 Å². The maximum atomic E-state index is 5.39. The van der Waals surface area contributed by atoms with E-state index in [1.807, 2.05) is 6.08 Å². The molecule has 0 aromatic rings. The molecular formula is C13H23NO. The SMILES string of the molecule is C=CCCC(NCC1CCOC1)C1CC1. The van der Waals surface area contributed by atoms with E-state index in [0.717, 1.165) is 44.1 Å². The van der Waals surface area contributed by atoms with Crippen molar-refractivity contribution in [2.24, 2.45) is 11.8 Å². The van der Waals surface area contributed by atoms with Crippen molar-refractivity contribution in [3.05, 3.63) is 12.7 Å². The molecule has 2 aliphatic rings. The summed E-state index contributed by atoms with van der Waals surface area (Å²) in [7, 11) is 0. The Morgan fingerprint density at radius 2 is 2.27 bits per heavy atom. The summed E-state index contributed by atoms with van der Waals surface area (Å²) in [6.07, 6.45) is 8.55. The van der Waals surface area contributed by atoms with Gasteiger partial charge in [0.15, 0.2) is 0 Å². The van der Waals surface area contributed by atoms with Gasteiger partial charge in [-0.15, -0.1) is 6.58 Å². The van der Waals surface area contributed by atoms with E-state index in [1.165, 1.54) is 25.7 Å². The highest BCUT2D eigenvalue weighted by molar-refractivity contribution is 4.88. The second kappa shape index (κ2) is 5.66. The van der Waals surface area contributed by atoms with E-state index < -0.39 is 0 Å². The average molecular weight is 209 g/mol. The maximum absolute atomic E-state index is 5.39. The molecule has 1 saturated heterocycles. The van der Waals surface area contributed by atoms with Gasteiger partial charge in [0.2, 0.25) is 0 Å². The minimum Gasteiger partial charge on any atom is -0.381 e. The van der Waals surface area contributed by atoms with Gasteiger partial charge in [0.1, 0.15) is 0 Å². The predicted molar refractivity (Wildman–Crippen MR) is 62.9 cm³/mol. The van der Waals surface area contributed by atoms with Crippen molar-refractivity contribution in [3.63, 3.8) is 0 Å². The molecule has 0 aromatic heterocycles. The van der Waals surface area contributed by atoms with E-state index in [4.69, 9.17) is 4.74 Å². The molecule has 1 aliphatic heterocycles. The van der Waals surface area contributed by atoms with Crippen LogP contribution in [-0.2, 0) is 4.74 Å². The predicted octanol–water partition coefficient (Wildman–Crippen LogP) is 2.36. The van der Waals surface area contributed by atoms with E-state index in [9.17, 15) is 0 Å². The van der Waals surface area contributed by atoms with Crippen LogP contribution in [0.25, 0.3) is 0 Å². The maximum Gasteiger partial charge on any atom is 0.0507 e. The number of rotatable bonds is 7. The van der Waals surface area contributed by atoms with Crippen molar-refractivity contribution in [2.75, 3.05) is 19.8 Å². The van der Waals surface area contributed by atoms with Crippen LogP contribution in [0.2, 0.25) is 0 Å². The lowest BCUT2D eigenvalue weighted by molar-refractivity contribution is 0.184. The monoisotopic (exact) mass is 209 g/mol. The first-order valence-corrected chi connectivity index (χ1v) is 6.32. The van der Waals surface area contributed by atoms with Gasteiger partial charge in [0.25, 0.3) is 0 Å². The van der Waals surface area contributed by atoms with E-state index in [1.54, 1.807) is 0 Å². The van der Waals surface area contributed by atoms with Crippen LogP contribution in [-0.4, -0.2) is 25.8 Å². The van der Waals surface area contributed by atoms with Gasteiger partial charge in [-0.3, -0.25) is 0 Å². The normalized spacial score (nSPS) is 27.9. The standard InChI is InChI=1S/C13H23NO/c1-2-3-4-13(12-5-6-12)14-9-11-7-8-15-10-11/h2,11-14H,1,3-10H2. The Morgan fingerprint density at radius 3 is 2.87 bits per heavy atom. The second-order valence-electron chi connectivity index (χ2n) is 4.95. The molecule has 2 heteroatoms. The third-order valence-electron chi connectivity index (χ3n) is 3.57. The van der Waals surface area contributed by atoms with Crippen molar-refractivity contribution < 1.29 is 4.74 Å². The second-order valence-corrected chi connectivity index (χ2v) is 4.95. The van der Waals surface area contributed by atoms with Crippen molar-refractivity contribution in [1.29, 1.82) is 0 Å². The van der Waals surface area contributed by atoms with Crippen molar-refractivity contribution in [1.82, 2.24) is 5.32 Å². The zero-order valence-corrected chi connectivity index (χ0v) is 9.58. The molecule has 1 N–H and O–H groups in total. The summed E-state index contributed by atoms with van der Waals surface area (Å²) in [4.78, 5) is 0. The first kappa shape index (κ1) is 11.2. The van der Waals surface area contributed by atoms with Crippen LogP contribution in [0.15, 0.2) is 12.7 Å². The summed E-state index contributed by atoms with van der Waals surface area (Å²) in [6, 6.07) is 0.739. The zero-order valence-electron chi connectivity index (χ0n) is 9.58. The van der Waals surface area contributed by atoms with Crippen molar-refractivity contribution >= 4 is 0 Å². The van der Waals surface area contributed by atoms with Gasteiger partial charge < -0.3 is 10.1 Å². The van der Waals surface area contributed by atoms with Crippen LogP contribution in [0, 0.1) is 11.8 Å². The average Bonchev–Trinajstić information content (AvgIpc) is 2.95. The smallest absolute Gasteiger partial charge is 0.0507 e. The summed E-state index contributed by atoms with van der Waals surface area (Å²) < 4.78 is 5.39. The van der Waals surface area contributed by atoms with Crippen LogP contribution >= 0.6 is 0 Å². The molecule has 2 rings (SSSR count). The topological polar surface area (TPSA) is 21.3 Å². The first-order chi connectivity index (χ1) is 7.40. The highest BCUT2D eigenvalue weighted by Crippen LogP contribution is 2.34. The molecule has 86 valence electrons. The number of allylic oxidation sites excluding steroid dienone is 1. The highest BCUT2D eigenvalue weighted by Gasteiger charge is 2.30. The largest absolute Gasteiger partial charge is 0.381 e. The summed E-state index contributed by atoms with van der Waals surface area (Å²) in [5, 5.41) is 3.73. The Bertz CT molecular complexity index is 195. The summed E-state index contributed by atoms with van der Waals surface area (Å²) >= 11 is 0. The Labute approximate surface area is 93.1 Å². The number of nitrogens with one attached hydrogen (secondary N) is 1. The van der Waals surface area contributed by atoms with Gasteiger partial charge in [0, 0.05) is 19.2 Å². The molecule has 1 saturated carbocycles. The lowest BCUT2D eigenvalue weighted by atomic mass is 10.0. The molecule has 1 aliphatic carbocycles. The third kappa shape index (κ3) is 3.62. The molecule has 0 spiro atoms. The highest BCUT2D eigenvalue weighted by atomic mass is 16.5. The van der Waals surface area contributed by atoms with Crippen LogP contribution in [0.3, 0.4) is 0 Å². The molecule has 0 radical (unpaired) electrons. The molecule has 2 nitrogen and oxygen atoms in total. The Balaban J connectivity index is 1.66. The minimum atomic E-state index is 0.739. The number of ether oxygens (including phenoxy) is 1. The molecule has 0 aromatic carbocycles. The van der Waals surface area contributed by atoms with Crippen LogP contribution in [0.5, 0.6) is 0 Å². The Morgan fingerprint density at radius 1 is 1.40 bits per heavy atom. The lowest BCUT2D eigenvalue weighted by Gasteiger charge is -2.19. The lowest BCUT2D eigenvalue weighted by Crippen LogP contribution is -2.35. The number of hydrogen-bond acceptors (Lipinski definition) is 2. The zero-order chi connectivity index (χ0) is 10.5. The quantitative estimate of drug-likeness (QED) is 0.650. The Kier molecular flexibility index (Phi) is 4.21. The number of hydrogen-bond donors (Lipinski definition) is 1. The Hall–Kier alpha value is -0.340. The van der Waals surface area contributed by atoms with Crippen LogP contribution in [0.4, 0.5) is 0 Å². The van der Waals surface area contributed by atoms with Gasteiger partial charge in [0.05, 0.1) is 6.61 Å². The summed E-state index contributed by atoms with van der Waals surface area (Å²) in [5.74, 6) is 1.71. The third-order valence-corrected chi connectivity index (χ3v) is 3.57. The molecule has 15 heavy (non-hydrogen) atoms. The van der Waals surface area contributed by atoms with E-state index in [-0.39, 0.29) is 0 Å². The molecule has 0 amide bonds. The van der Waals surface area contributed by atoms with Gasteiger partial charge >= 0.3 is 0 Å². The fraction of sp³-hybridized carbons (Fsp3) is 0.846. The van der Waals surface area contributed by atoms with Gasteiger partial charge in [-0.05, 0) is 43.9 Å². The molecule has 2 fully saturated rings. The van der Waals surface area contributed by atoms with Crippen molar-refractivity contribution in [2.45, 2.75) is 38.1 Å². The fourth-order valence-corrected chi connectivity index (χ4v) is 2.36. The fourth-order valence-electron chi connectivity index (χ4n) is 2.36. The molecule has 2 atom stereocenters. The van der Waals surface area contributed by atoms with E-state index >= 15 is 0 Å². The molecule has 2 unspecified atom stereocenters. The van der Waals surface area contributed by atoms with Crippen LogP contribution in [0.1, 0.15) is 32.1 Å². The van der Waals surface area contributed by atoms with Gasteiger partial charge in [-0.25, -0.2) is 0 Å². The van der Waals surface area contributed by atoms with Gasteiger partial charge in [-0.2, -0.15) is 0 Å². The van der Waals surface area contributed by atoms with Gasteiger partial charge in [-0.1, -0.05) is 6.08 Å². The summed E-state index contributed by atoms with van der Waals surface area (Å²) in [6.45, 7) is 6.88. The first-order valence-electron chi connectivity index (χ1n) is 6.32. The molecular weight excluding hydrogens is 186 g/mol. The van der Waals surface area contributed by atoms with Crippen LogP contribution < -0.4 is 5.32 Å². The van der Waals surface area contributed by atoms with E-state index in [2.05, 4.69) is 11.9 Å².